The van der Waals surface area contributed by atoms with Crippen LogP contribution in [0.15, 0.2) is 32.0 Å². The van der Waals surface area contributed by atoms with Gasteiger partial charge in [0.05, 0.1) is 16.4 Å². The largest absolute Gasteiger partial charge is 0.241 e. The number of benzene rings is 1. The van der Waals surface area contributed by atoms with Gasteiger partial charge in [0.1, 0.15) is 0 Å². The predicted molar refractivity (Wildman–Crippen MR) is 79.2 cm³/mol. The zero-order chi connectivity index (χ0) is 14.3. The highest BCUT2D eigenvalue weighted by Gasteiger charge is 2.32. The second-order valence-corrected chi connectivity index (χ2v) is 9.98. The maximum Gasteiger partial charge on any atom is 0.241 e. The molecule has 1 fully saturated rings. The van der Waals surface area contributed by atoms with Gasteiger partial charge in [-0.05, 0) is 40.5 Å². The van der Waals surface area contributed by atoms with E-state index in [9.17, 15) is 16.8 Å². The highest BCUT2D eigenvalue weighted by atomic mass is 79.9. The van der Waals surface area contributed by atoms with Crippen LogP contribution >= 0.6 is 31.9 Å². The molecule has 0 radical (unpaired) electrons. The summed E-state index contributed by atoms with van der Waals surface area (Å²) in [6.45, 7) is 0. The van der Waals surface area contributed by atoms with Crippen LogP contribution in [0.3, 0.4) is 0 Å². The molecule has 19 heavy (non-hydrogen) atoms. The first-order valence-corrected chi connectivity index (χ1v) is 10.3. The van der Waals surface area contributed by atoms with Crippen LogP contribution in [0.5, 0.6) is 0 Å². The lowest BCUT2D eigenvalue weighted by Gasteiger charge is -2.12. The van der Waals surface area contributed by atoms with Crippen molar-refractivity contribution in [3.63, 3.8) is 0 Å². The molecule has 1 heterocycles. The molecule has 0 bridgehead atoms. The minimum Gasteiger partial charge on any atom is -0.229 e. The van der Waals surface area contributed by atoms with Gasteiger partial charge < -0.3 is 0 Å². The molecule has 1 saturated heterocycles. The van der Waals surface area contributed by atoms with Crippen LogP contribution in [-0.4, -0.2) is 34.4 Å². The molecular formula is C10H11Br2NO4S2. The van der Waals surface area contributed by atoms with Gasteiger partial charge in [0.25, 0.3) is 0 Å². The summed E-state index contributed by atoms with van der Waals surface area (Å²) in [4.78, 5) is 0.0972. The molecule has 5 nitrogen and oxygen atoms in total. The molecule has 0 spiro atoms. The van der Waals surface area contributed by atoms with Crippen LogP contribution in [0.25, 0.3) is 0 Å². The zero-order valence-corrected chi connectivity index (χ0v) is 14.4. The molecule has 0 aliphatic carbocycles. The third-order valence-electron chi connectivity index (χ3n) is 2.74. The molecule has 9 heteroatoms. The van der Waals surface area contributed by atoms with Gasteiger partial charge in [0.15, 0.2) is 9.84 Å². The Morgan fingerprint density at radius 2 is 1.95 bits per heavy atom. The second kappa shape index (κ2) is 5.44. The number of hydrogen-bond acceptors (Lipinski definition) is 4. The first kappa shape index (κ1) is 15.4. The maximum atomic E-state index is 12.2. The van der Waals surface area contributed by atoms with Crippen molar-refractivity contribution in [2.24, 2.45) is 0 Å². The molecule has 0 amide bonds. The van der Waals surface area contributed by atoms with Crippen LogP contribution in [0.2, 0.25) is 0 Å². The second-order valence-electron chi connectivity index (χ2n) is 4.30. The normalized spacial score (nSPS) is 22.5. The maximum absolute atomic E-state index is 12.2. The fourth-order valence-electron chi connectivity index (χ4n) is 1.86. The van der Waals surface area contributed by atoms with Gasteiger partial charge in [-0.25, -0.2) is 21.6 Å². The van der Waals surface area contributed by atoms with Crippen molar-refractivity contribution >= 4 is 51.7 Å². The van der Waals surface area contributed by atoms with Crippen molar-refractivity contribution in [1.82, 2.24) is 4.72 Å². The van der Waals surface area contributed by atoms with Crippen molar-refractivity contribution in [3.8, 4) is 0 Å². The smallest absolute Gasteiger partial charge is 0.229 e. The van der Waals surface area contributed by atoms with Gasteiger partial charge in [-0.1, -0.05) is 15.9 Å². The van der Waals surface area contributed by atoms with Gasteiger partial charge in [0, 0.05) is 15.0 Å². The summed E-state index contributed by atoms with van der Waals surface area (Å²) in [6.07, 6.45) is 0.315. The average molecular weight is 433 g/mol. The molecule has 0 saturated carbocycles. The Labute approximate surface area is 129 Å². The van der Waals surface area contributed by atoms with Crippen LogP contribution < -0.4 is 4.72 Å². The number of hydrogen-bond donors (Lipinski definition) is 1. The van der Waals surface area contributed by atoms with Crippen LogP contribution in [0.1, 0.15) is 6.42 Å². The minimum atomic E-state index is -3.72. The predicted octanol–water partition coefficient (Wildman–Crippen LogP) is 1.68. The Hall–Kier alpha value is 0.0400. The standard InChI is InChI=1S/C10H11Br2NO4S2/c11-7-1-2-10(9(12)5-7)19(16,17)13-8-3-4-18(14,15)6-8/h1-2,5,8,13H,3-4,6H2. The molecule has 1 atom stereocenters. The fraction of sp³-hybridized carbons (Fsp3) is 0.400. The number of halogens is 2. The Balaban J connectivity index is 2.24. The Kier molecular flexibility index (Phi) is 4.41. The molecule has 1 aromatic rings. The van der Waals surface area contributed by atoms with E-state index in [2.05, 4.69) is 36.6 Å². The lowest BCUT2D eigenvalue weighted by Crippen LogP contribution is -2.35. The van der Waals surface area contributed by atoms with E-state index in [4.69, 9.17) is 0 Å². The molecule has 106 valence electrons. The third kappa shape index (κ3) is 3.78. The Morgan fingerprint density at radius 1 is 1.26 bits per heavy atom. The Morgan fingerprint density at radius 3 is 2.47 bits per heavy atom. The molecule has 1 aliphatic heterocycles. The highest BCUT2D eigenvalue weighted by molar-refractivity contribution is 9.11. The molecular weight excluding hydrogens is 422 g/mol. The Bertz CT molecular complexity index is 700. The van der Waals surface area contributed by atoms with Gasteiger partial charge in [0.2, 0.25) is 10.0 Å². The number of nitrogens with one attached hydrogen (secondary N) is 1. The molecule has 1 N–H and O–H groups in total. The van der Waals surface area contributed by atoms with Gasteiger partial charge >= 0.3 is 0 Å². The summed E-state index contributed by atoms with van der Waals surface area (Å²) < 4.78 is 50.6. The van der Waals surface area contributed by atoms with E-state index in [1.807, 2.05) is 0 Å². The summed E-state index contributed by atoms with van der Waals surface area (Å²) >= 11 is 6.43. The molecule has 0 aromatic heterocycles. The van der Waals surface area contributed by atoms with Crippen LogP contribution in [0, 0.1) is 0 Å². The van der Waals surface area contributed by atoms with E-state index in [1.165, 1.54) is 6.07 Å². The third-order valence-corrected chi connectivity index (χ3v) is 7.50. The molecule has 2 rings (SSSR count). The summed E-state index contributed by atoms with van der Waals surface area (Å²) in [5.41, 5.74) is 0. The quantitative estimate of drug-likeness (QED) is 0.787. The summed E-state index contributed by atoms with van der Waals surface area (Å²) in [5.74, 6) is -0.109. The van der Waals surface area contributed by atoms with Crippen LogP contribution in [0.4, 0.5) is 0 Å². The monoisotopic (exact) mass is 431 g/mol. The SMILES string of the molecule is O=S1(=O)CCC(NS(=O)(=O)c2ccc(Br)cc2Br)C1. The lowest BCUT2D eigenvalue weighted by molar-refractivity contribution is 0.562. The van der Waals surface area contributed by atoms with Gasteiger partial charge in [-0.2, -0.15) is 0 Å². The molecule has 1 aliphatic rings. The van der Waals surface area contributed by atoms with Gasteiger partial charge in [-0.15, -0.1) is 0 Å². The lowest BCUT2D eigenvalue weighted by atomic mass is 10.3. The van der Waals surface area contributed by atoms with Crippen molar-refractivity contribution < 1.29 is 16.8 Å². The number of rotatable bonds is 3. The van der Waals surface area contributed by atoms with E-state index in [0.29, 0.717) is 10.9 Å². The summed E-state index contributed by atoms with van der Waals surface area (Å²) in [7, 11) is -6.84. The van der Waals surface area contributed by atoms with E-state index in [1.54, 1.807) is 12.1 Å². The number of sulfone groups is 1. The van der Waals surface area contributed by atoms with Gasteiger partial charge in [-0.3, -0.25) is 0 Å². The average Bonchev–Trinajstić information content (AvgIpc) is 2.56. The summed E-state index contributed by atoms with van der Waals surface area (Å²) in [6, 6.07) is 4.15. The van der Waals surface area contributed by atoms with E-state index >= 15 is 0 Å². The first-order chi connectivity index (χ1) is 8.70. The molecule has 1 unspecified atom stereocenters. The summed E-state index contributed by atoms with van der Waals surface area (Å²) in [5, 5.41) is 0. The van der Waals surface area contributed by atoms with Crippen molar-refractivity contribution in [3.05, 3.63) is 27.1 Å². The number of sulfonamides is 1. The zero-order valence-electron chi connectivity index (χ0n) is 9.64. The molecule has 1 aromatic carbocycles. The van der Waals surface area contributed by atoms with Crippen molar-refractivity contribution in [2.75, 3.05) is 11.5 Å². The minimum absolute atomic E-state index is 0.0295. The topological polar surface area (TPSA) is 80.3 Å². The fourth-order valence-corrected chi connectivity index (χ4v) is 6.66. The van der Waals surface area contributed by atoms with Crippen molar-refractivity contribution in [1.29, 1.82) is 0 Å². The van der Waals surface area contributed by atoms with Crippen LogP contribution in [-0.2, 0) is 19.9 Å². The first-order valence-electron chi connectivity index (χ1n) is 5.37. The van der Waals surface area contributed by atoms with E-state index in [0.717, 1.165) is 4.47 Å². The van der Waals surface area contributed by atoms with E-state index < -0.39 is 25.9 Å². The van der Waals surface area contributed by atoms with E-state index in [-0.39, 0.29) is 16.4 Å². The van der Waals surface area contributed by atoms with Crippen molar-refractivity contribution in [2.45, 2.75) is 17.4 Å². The highest BCUT2D eigenvalue weighted by Crippen LogP contribution is 2.26.